The van der Waals surface area contributed by atoms with E-state index in [9.17, 15) is 0 Å². The van der Waals surface area contributed by atoms with E-state index in [0.29, 0.717) is 32.5 Å². The molecule has 0 nitrogen and oxygen atoms in total. The number of rotatable bonds is 7. The predicted molar refractivity (Wildman–Crippen MR) is 214 cm³/mol. The molecule has 0 aromatic heterocycles. The van der Waals surface area contributed by atoms with Crippen LogP contribution in [0.2, 0.25) is 0 Å². The van der Waals surface area contributed by atoms with E-state index < -0.39 is 39.3 Å². The second-order valence-electron chi connectivity index (χ2n) is 12.7. The van der Waals surface area contributed by atoms with Crippen LogP contribution in [0, 0.1) is 0 Å². The van der Waals surface area contributed by atoms with Gasteiger partial charge in [-0.2, -0.15) is 26.3 Å². The number of fused-ring (bicyclic) bond motifs is 2. The van der Waals surface area contributed by atoms with Crippen molar-refractivity contribution in [3.05, 3.63) is 193 Å². The molecule has 0 unspecified atom stereocenters. The average molecular weight is 759 g/mol. The Morgan fingerprint density at radius 3 is 0.796 bits per heavy atom. The molecule has 8 rings (SSSR count). The van der Waals surface area contributed by atoms with E-state index in [0.717, 1.165) is 21.2 Å². The SMILES string of the molecule is FC(F)(F)c1cc(P(c2ccccc2)c2ccccc2)c(-c2c(P(c3ccccc3)c3ccccc3)cc(C(F)(F)F)c3ccccc23)c2ccccc12. The van der Waals surface area contributed by atoms with Gasteiger partial charge in [-0.25, -0.2) is 0 Å². The number of halogens is 6. The van der Waals surface area contributed by atoms with Gasteiger partial charge in [0.25, 0.3) is 0 Å². The van der Waals surface area contributed by atoms with Crippen molar-refractivity contribution in [2.45, 2.75) is 12.4 Å². The summed E-state index contributed by atoms with van der Waals surface area (Å²) in [5.74, 6) is 0. The molecule has 0 radical (unpaired) electrons. The quantitative estimate of drug-likeness (QED) is 0.112. The van der Waals surface area contributed by atoms with Crippen molar-refractivity contribution in [3.63, 3.8) is 0 Å². The molecule has 0 aliphatic rings. The molecule has 54 heavy (non-hydrogen) atoms. The smallest absolute Gasteiger partial charge is 0.166 e. The van der Waals surface area contributed by atoms with Gasteiger partial charge < -0.3 is 0 Å². The fourth-order valence-corrected chi connectivity index (χ4v) is 12.2. The topological polar surface area (TPSA) is 0 Å². The van der Waals surface area contributed by atoms with Crippen molar-refractivity contribution in [2.75, 3.05) is 0 Å². The van der Waals surface area contributed by atoms with Crippen LogP contribution >= 0.6 is 15.8 Å². The minimum atomic E-state index is -4.72. The number of hydrogen-bond acceptors (Lipinski definition) is 0. The molecule has 0 spiro atoms. The van der Waals surface area contributed by atoms with Gasteiger partial charge in [-0.15, -0.1) is 0 Å². The first-order chi connectivity index (χ1) is 26.1. The van der Waals surface area contributed by atoms with Gasteiger partial charge in [0.1, 0.15) is 0 Å². The molecule has 8 aromatic carbocycles. The second-order valence-corrected chi connectivity index (χ2v) is 17.1. The fraction of sp³-hybridized carbons (Fsp3) is 0.0435. The number of benzene rings is 8. The Morgan fingerprint density at radius 2 is 0.537 bits per heavy atom. The molecule has 0 aliphatic carbocycles. The summed E-state index contributed by atoms with van der Waals surface area (Å²) in [7, 11) is -3.34. The van der Waals surface area contributed by atoms with Crippen molar-refractivity contribution in [3.8, 4) is 11.1 Å². The fourth-order valence-electron chi connectivity index (χ4n) is 7.23. The summed E-state index contributed by atoms with van der Waals surface area (Å²) in [4.78, 5) is 0. The van der Waals surface area contributed by atoms with Gasteiger partial charge in [0.05, 0.1) is 11.1 Å². The Morgan fingerprint density at radius 1 is 0.296 bits per heavy atom. The largest absolute Gasteiger partial charge is 0.417 e. The molecular formula is C46H30F6P2. The minimum Gasteiger partial charge on any atom is -0.166 e. The zero-order chi connectivity index (χ0) is 37.5. The molecule has 266 valence electrons. The zero-order valence-corrected chi connectivity index (χ0v) is 30.3. The first-order valence-corrected chi connectivity index (χ1v) is 19.9. The maximum Gasteiger partial charge on any atom is 0.417 e. The van der Waals surface area contributed by atoms with E-state index in [4.69, 9.17) is 0 Å². The van der Waals surface area contributed by atoms with Crippen molar-refractivity contribution in [2.24, 2.45) is 0 Å². The lowest BCUT2D eigenvalue weighted by atomic mass is 9.90. The molecule has 8 aromatic rings. The first kappa shape index (κ1) is 35.7. The van der Waals surface area contributed by atoms with Crippen LogP contribution in [0.3, 0.4) is 0 Å². The van der Waals surface area contributed by atoms with Crippen molar-refractivity contribution < 1.29 is 26.3 Å². The lowest BCUT2D eigenvalue weighted by Crippen LogP contribution is -2.28. The van der Waals surface area contributed by atoms with Crippen molar-refractivity contribution in [1.82, 2.24) is 0 Å². The van der Waals surface area contributed by atoms with E-state index >= 15 is 26.3 Å². The van der Waals surface area contributed by atoms with E-state index in [1.807, 2.05) is 121 Å². The highest BCUT2D eigenvalue weighted by Crippen LogP contribution is 2.50. The Bertz CT molecular complexity index is 2310. The molecule has 0 amide bonds. The van der Waals surface area contributed by atoms with Gasteiger partial charge in [0.2, 0.25) is 0 Å². The molecule has 0 N–H and O–H groups in total. The lowest BCUT2D eigenvalue weighted by molar-refractivity contribution is -0.137. The van der Waals surface area contributed by atoms with E-state index in [1.165, 1.54) is 24.3 Å². The minimum absolute atomic E-state index is 0.0153. The summed E-state index contributed by atoms with van der Waals surface area (Å²) in [5, 5.41) is 4.70. The number of alkyl halides is 6. The maximum absolute atomic E-state index is 15.3. The molecular weight excluding hydrogens is 728 g/mol. The lowest BCUT2D eigenvalue weighted by Gasteiger charge is -2.30. The summed E-state index contributed by atoms with van der Waals surface area (Å²) in [5.41, 5.74) is -0.585. The van der Waals surface area contributed by atoms with Gasteiger partial charge in [-0.3, -0.25) is 0 Å². The Labute approximate surface area is 311 Å². The molecule has 0 fully saturated rings. The van der Waals surface area contributed by atoms with Crippen molar-refractivity contribution in [1.29, 1.82) is 0 Å². The van der Waals surface area contributed by atoms with Crippen LogP contribution in [0.4, 0.5) is 26.3 Å². The molecule has 0 bridgehead atoms. The second kappa shape index (κ2) is 14.5. The normalized spacial score (nSPS) is 12.2. The van der Waals surface area contributed by atoms with Crippen LogP contribution < -0.4 is 31.8 Å². The average Bonchev–Trinajstić information content (AvgIpc) is 3.18. The third-order valence-electron chi connectivity index (χ3n) is 9.45. The Kier molecular flexibility index (Phi) is 9.60. The van der Waals surface area contributed by atoms with Crippen LogP contribution in [0.1, 0.15) is 11.1 Å². The van der Waals surface area contributed by atoms with Crippen LogP contribution in [0.5, 0.6) is 0 Å². The molecule has 0 aliphatic heterocycles. The van der Waals surface area contributed by atoms with Gasteiger partial charge in [-0.1, -0.05) is 170 Å². The standard InChI is InChI=1S/C46H30F6P2/c47-45(48,49)39-29-41(53(31-17-5-1-6-18-31)32-19-7-2-8-20-32)43(37-27-15-13-25-35(37)39)44-38-28-16-14-26-36(38)40(46(50,51)52)30-42(44)54(33-21-9-3-10-22-33)34-23-11-4-12-24-34/h1-30H. The Hall–Kier alpha value is -5.28. The first-order valence-electron chi connectivity index (χ1n) is 17.2. The van der Waals surface area contributed by atoms with Crippen molar-refractivity contribution >= 4 is 69.2 Å². The van der Waals surface area contributed by atoms with E-state index in [1.54, 1.807) is 36.4 Å². The summed E-state index contributed by atoms with van der Waals surface area (Å²) < 4.78 is 91.6. The predicted octanol–water partition coefficient (Wildman–Crippen LogP) is 11.2. The molecule has 0 saturated carbocycles. The maximum atomic E-state index is 15.3. The highest BCUT2D eigenvalue weighted by atomic mass is 31.1. The van der Waals surface area contributed by atoms with Gasteiger partial charge in [0.15, 0.2) is 0 Å². The highest BCUT2D eigenvalue weighted by molar-refractivity contribution is 7.80. The highest BCUT2D eigenvalue weighted by Gasteiger charge is 2.39. The van der Waals surface area contributed by atoms with E-state index in [-0.39, 0.29) is 10.8 Å². The summed E-state index contributed by atoms with van der Waals surface area (Å²) in [6.45, 7) is 0. The van der Waals surface area contributed by atoms with Crippen LogP contribution in [-0.4, -0.2) is 0 Å². The zero-order valence-electron chi connectivity index (χ0n) is 28.5. The molecule has 0 saturated heterocycles. The summed E-state index contributed by atoms with van der Waals surface area (Å²) >= 11 is 0. The van der Waals surface area contributed by atoms with Crippen LogP contribution in [0.15, 0.2) is 182 Å². The number of hydrogen-bond donors (Lipinski definition) is 0. The van der Waals surface area contributed by atoms with Gasteiger partial charge in [0, 0.05) is 0 Å². The summed E-state index contributed by atoms with van der Waals surface area (Å²) in [6, 6.07) is 53.0. The molecule has 0 atom stereocenters. The summed E-state index contributed by atoms with van der Waals surface area (Å²) in [6.07, 6.45) is -9.43. The van der Waals surface area contributed by atoms with Gasteiger partial charge >= 0.3 is 12.4 Å². The third-order valence-corrected chi connectivity index (χ3v) is 14.4. The van der Waals surface area contributed by atoms with Crippen LogP contribution in [0.25, 0.3) is 32.7 Å². The molecule has 8 heteroatoms. The molecule has 0 heterocycles. The van der Waals surface area contributed by atoms with E-state index in [2.05, 4.69) is 0 Å². The van der Waals surface area contributed by atoms with Crippen LogP contribution in [-0.2, 0) is 12.4 Å². The van der Waals surface area contributed by atoms with Gasteiger partial charge in [-0.05, 0) is 92.5 Å². The third kappa shape index (κ3) is 6.70. The monoisotopic (exact) mass is 758 g/mol. The Balaban J connectivity index is 1.63.